The summed E-state index contributed by atoms with van der Waals surface area (Å²) in [5.74, 6) is -2.22. The summed E-state index contributed by atoms with van der Waals surface area (Å²) < 4.78 is 41.2. The number of hydrogen-bond donors (Lipinski definition) is 3. The van der Waals surface area contributed by atoms with E-state index in [9.17, 15) is 27.6 Å². The number of nitrogens with one attached hydrogen (secondary N) is 3. The van der Waals surface area contributed by atoms with Crippen LogP contribution in [0.4, 0.5) is 4.79 Å². The average molecular weight is 830 g/mol. The second kappa shape index (κ2) is 15.5. The molecule has 4 heterocycles. The molecule has 4 aromatic rings. The lowest BCUT2D eigenvalue weighted by Crippen LogP contribution is -2.58. The van der Waals surface area contributed by atoms with E-state index in [0.29, 0.717) is 53.8 Å². The predicted molar refractivity (Wildman–Crippen MR) is 217 cm³/mol. The van der Waals surface area contributed by atoms with Gasteiger partial charge in [-0.05, 0) is 83.6 Å². The molecule has 4 amide bonds. The van der Waals surface area contributed by atoms with E-state index in [2.05, 4.69) is 15.4 Å². The van der Waals surface area contributed by atoms with E-state index in [1.54, 1.807) is 20.8 Å². The minimum absolute atomic E-state index is 0.00308. The Balaban J connectivity index is 1.13. The van der Waals surface area contributed by atoms with Gasteiger partial charge in [0, 0.05) is 12.3 Å². The zero-order valence-electron chi connectivity index (χ0n) is 32.6. The molecule has 58 heavy (non-hydrogen) atoms. The summed E-state index contributed by atoms with van der Waals surface area (Å²) in [5.41, 5.74) is 0.0590. The van der Waals surface area contributed by atoms with Crippen molar-refractivity contribution in [1.82, 2.24) is 35.2 Å². The number of rotatable bonds is 7. The summed E-state index contributed by atoms with van der Waals surface area (Å²) in [5, 5.41) is 5.60. The zero-order chi connectivity index (χ0) is 40.8. The van der Waals surface area contributed by atoms with Crippen LogP contribution >= 0.6 is 11.3 Å². The van der Waals surface area contributed by atoms with E-state index in [1.807, 2.05) is 60.7 Å². The van der Waals surface area contributed by atoms with Crippen molar-refractivity contribution in [2.45, 2.75) is 113 Å². The SMILES string of the molecule is CC(C)(C)OC(=O)N[C@H]1CCCCC/C=C\[C@@H]2C[C@@]2(C(=O)NS(=O)(=O)C2CC2)NC(=O)[C@@H]2C[C@@H](Oc3nc4ccccc4nc3-c3nc4ccccc4s3)CN2C1=O. The van der Waals surface area contributed by atoms with Crippen molar-refractivity contribution >= 4 is 66.4 Å². The number of alkyl carbamates (subject to hydrolysis) is 1. The minimum atomic E-state index is -3.91. The number of carbonyl (C=O) groups is 4. The molecule has 1 saturated heterocycles. The summed E-state index contributed by atoms with van der Waals surface area (Å²) in [6.07, 6.45) is 6.52. The lowest BCUT2D eigenvalue weighted by molar-refractivity contribution is -0.141. The number of nitrogens with zero attached hydrogens (tertiary/aromatic N) is 4. The van der Waals surface area contributed by atoms with Gasteiger partial charge in [0.1, 0.15) is 34.3 Å². The maximum absolute atomic E-state index is 14.7. The first-order valence-electron chi connectivity index (χ1n) is 19.8. The van der Waals surface area contributed by atoms with Gasteiger partial charge in [0.05, 0.1) is 33.0 Å². The molecule has 15 nitrogen and oxygen atoms in total. The molecular formula is C41H47N7O8S2. The third-order valence-corrected chi connectivity index (χ3v) is 13.7. The van der Waals surface area contributed by atoms with Crippen molar-refractivity contribution in [2.75, 3.05) is 6.54 Å². The molecule has 2 aromatic carbocycles. The summed E-state index contributed by atoms with van der Waals surface area (Å²) in [4.78, 5) is 72.1. The van der Waals surface area contributed by atoms with E-state index in [4.69, 9.17) is 24.4 Å². The maximum Gasteiger partial charge on any atom is 0.408 e. The first kappa shape index (κ1) is 39.7. The molecule has 8 rings (SSSR count). The summed E-state index contributed by atoms with van der Waals surface area (Å²) in [7, 11) is -3.91. The Bertz CT molecular complexity index is 2380. The van der Waals surface area contributed by atoms with Gasteiger partial charge in [-0.3, -0.25) is 19.1 Å². The smallest absolute Gasteiger partial charge is 0.408 e. The van der Waals surface area contributed by atoms with Crippen LogP contribution in [0.2, 0.25) is 0 Å². The first-order valence-corrected chi connectivity index (χ1v) is 22.2. The van der Waals surface area contributed by atoms with Gasteiger partial charge < -0.3 is 25.0 Å². The normalized spacial score (nSPS) is 26.1. The standard InChI is InChI=1S/C41H47N7O8S2/c1-40(2,3)56-39(52)45-30-17-8-6-4-5-7-13-24-22-41(24,38(51)47-58(53,54)26-19-20-26)46-34(49)31-21-25(23-48(31)37(30)50)55-35-33(42-27-14-9-10-15-28(27)43-35)36-44-29-16-11-12-18-32(29)57-36/h7,9-16,18,24-26,30-31H,4-6,8,17,19-23H2,1-3H3,(H,45,52)(H,46,49)(H,47,51)/b13-7-/t24-,25-,30+,31+,41-/m1/s1. The first-order chi connectivity index (χ1) is 27.7. The monoisotopic (exact) mass is 829 g/mol. The van der Waals surface area contributed by atoms with Crippen LogP contribution in [0.25, 0.3) is 32.0 Å². The molecule has 0 spiro atoms. The molecule has 306 valence electrons. The van der Waals surface area contributed by atoms with Gasteiger partial charge in [-0.25, -0.2) is 28.2 Å². The number of ether oxygens (including phenoxy) is 2. The highest BCUT2D eigenvalue weighted by molar-refractivity contribution is 7.91. The van der Waals surface area contributed by atoms with Crippen LogP contribution < -0.4 is 20.1 Å². The number of allylic oxidation sites excluding steroid dienone is 1. The number of sulfonamides is 1. The topological polar surface area (TPSA) is 199 Å². The fourth-order valence-electron chi connectivity index (χ4n) is 7.63. The third-order valence-electron chi connectivity index (χ3n) is 10.8. The van der Waals surface area contributed by atoms with Gasteiger partial charge in [0.15, 0.2) is 5.69 Å². The molecule has 3 N–H and O–H groups in total. The number of hydrogen-bond acceptors (Lipinski definition) is 12. The van der Waals surface area contributed by atoms with Gasteiger partial charge in [-0.15, -0.1) is 11.3 Å². The Hall–Kier alpha value is -5.16. The molecule has 0 bridgehead atoms. The third kappa shape index (κ3) is 8.51. The number of para-hydroxylation sites is 3. The lowest BCUT2D eigenvalue weighted by atomic mass is 10.0. The molecule has 17 heteroatoms. The largest absolute Gasteiger partial charge is 0.471 e. The van der Waals surface area contributed by atoms with Crippen molar-refractivity contribution in [3.05, 3.63) is 60.7 Å². The van der Waals surface area contributed by atoms with Crippen molar-refractivity contribution < 1.29 is 37.1 Å². The number of aromatic nitrogens is 3. The van der Waals surface area contributed by atoms with Gasteiger partial charge in [-0.2, -0.15) is 0 Å². The van der Waals surface area contributed by atoms with Crippen LogP contribution in [0, 0.1) is 5.92 Å². The van der Waals surface area contributed by atoms with Gasteiger partial charge >= 0.3 is 6.09 Å². The molecule has 2 saturated carbocycles. The summed E-state index contributed by atoms with van der Waals surface area (Å²) in [6, 6.07) is 12.9. The van der Waals surface area contributed by atoms with Crippen molar-refractivity contribution in [3.8, 4) is 16.6 Å². The van der Waals surface area contributed by atoms with Crippen molar-refractivity contribution in [2.24, 2.45) is 5.92 Å². The minimum Gasteiger partial charge on any atom is -0.471 e. The van der Waals surface area contributed by atoms with Gasteiger partial charge in [-0.1, -0.05) is 49.3 Å². The Labute approximate surface area is 340 Å². The molecule has 2 aliphatic heterocycles. The molecule has 3 fully saturated rings. The Morgan fingerprint density at radius 2 is 1.67 bits per heavy atom. The molecular weight excluding hydrogens is 783 g/mol. The van der Waals surface area contributed by atoms with E-state index < -0.39 is 74.3 Å². The fourth-order valence-corrected chi connectivity index (χ4v) is 9.94. The highest BCUT2D eigenvalue weighted by atomic mass is 32.2. The molecule has 2 aromatic heterocycles. The summed E-state index contributed by atoms with van der Waals surface area (Å²) >= 11 is 1.44. The quantitative estimate of drug-likeness (QED) is 0.208. The fraction of sp³-hybridized carbons (Fsp3) is 0.488. The zero-order valence-corrected chi connectivity index (χ0v) is 34.2. The molecule has 0 radical (unpaired) electrons. The highest BCUT2D eigenvalue weighted by Gasteiger charge is 2.62. The number of amides is 4. The Kier molecular flexibility index (Phi) is 10.6. The van der Waals surface area contributed by atoms with Crippen LogP contribution in [0.5, 0.6) is 5.88 Å². The number of carbonyl (C=O) groups excluding carboxylic acids is 4. The van der Waals surface area contributed by atoms with Crippen LogP contribution in [-0.2, 0) is 29.1 Å². The number of thiazole rings is 1. The van der Waals surface area contributed by atoms with E-state index in [0.717, 1.165) is 23.1 Å². The van der Waals surface area contributed by atoms with Crippen LogP contribution in [0.3, 0.4) is 0 Å². The Morgan fingerprint density at radius 3 is 2.40 bits per heavy atom. The molecule has 4 aliphatic rings. The predicted octanol–water partition coefficient (Wildman–Crippen LogP) is 5.15. The molecule has 5 atom stereocenters. The van der Waals surface area contributed by atoms with Crippen LogP contribution in [-0.4, -0.2) is 93.2 Å². The van der Waals surface area contributed by atoms with Crippen molar-refractivity contribution in [1.29, 1.82) is 0 Å². The second-order valence-electron chi connectivity index (χ2n) is 16.5. The van der Waals surface area contributed by atoms with E-state index in [1.165, 1.54) is 16.2 Å². The molecule has 2 aliphatic carbocycles. The van der Waals surface area contributed by atoms with E-state index >= 15 is 0 Å². The Morgan fingerprint density at radius 1 is 0.948 bits per heavy atom. The van der Waals surface area contributed by atoms with Crippen molar-refractivity contribution in [3.63, 3.8) is 0 Å². The second-order valence-corrected chi connectivity index (χ2v) is 19.5. The lowest BCUT2D eigenvalue weighted by Gasteiger charge is -2.30. The van der Waals surface area contributed by atoms with Gasteiger partial charge in [0.25, 0.3) is 5.91 Å². The van der Waals surface area contributed by atoms with Crippen LogP contribution in [0.1, 0.15) is 78.6 Å². The average Bonchev–Trinajstić information content (AvgIpc) is 4.06. The van der Waals surface area contributed by atoms with Gasteiger partial charge in [0.2, 0.25) is 27.7 Å². The number of benzene rings is 2. The highest BCUT2D eigenvalue weighted by Crippen LogP contribution is 2.46. The van der Waals surface area contributed by atoms with E-state index in [-0.39, 0.29) is 25.3 Å². The molecule has 0 unspecified atom stereocenters. The summed E-state index contributed by atoms with van der Waals surface area (Å²) in [6.45, 7) is 5.13. The number of fused-ring (bicyclic) bond motifs is 4. The van der Waals surface area contributed by atoms with Crippen LogP contribution in [0.15, 0.2) is 60.7 Å². The maximum atomic E-state index is 14.7.